The number of urea groups is 1. The van der Waals surface area contributed by atoms with E-state index in [0.717, 1.165) is 10.8 Å². The van der Waals surface area contributed by atoms with Crippen molar-refractivity contribution in [2.24, 2.45) is 0 Å². The molecule has 0 fully saturated rings. The summed E-state index contributed by atoms with van der Waals surface area (Å²) in [7, 11) is 0. The van der Waals surface area contributed by atoms with Gasteiger partial charge in [-0.15, -0.1) is 0 Å². The molecular weight excluding hydrogens is 260 g/mol. The first-order chi connectivity index (χ1) is 9.08. The highest BCUT2D eigenvalue weighted by Crippen LogP contribution is 2.18. The number of amides is 3. The highest BCUT2D eigenvalue weighted by molar-refractivity contribution is 7.80. The number of benzene rings is 2. The predicted octanol–water partition coefficient (Wildman–Crippen LogP) is 2.63. The van der Waals surface area contributed by atoms with Crippen molar-refractivity contribution in [3.8, 4) is 0 Å². The maximum Gasteiger partial charge on any atom is 0.326 e. The highest BCUT2D eigenvalue weighted by atomic mass is 32.1. The molecule has 0 bridgehead atoms. The molecule has 0 aliphatic heterocycles. The second-order valence-corrected chi connectivity index (χ2v) is 4.60. The Morgan fingerprint density at radius 1 is 1.00 bits per heavy atom. The number of nitrogens with one attached hydrogen (secondary N) is 2. The van der Waals surface area contributed by atoms with Crippen LogP contribution in [-0.2, 0) is 0 Å². The van der Waals surface area contributed by atoms with E-state index in [1.165, 1.54) is 0 Å². The van der Waals surface area contributed by atoms with Crippen molar-refractivity contribution >= 4 is 39.9 Å². The SMILES string of the molecule is CC(=S)NC(=O)NC(=O)c1cccc2ccccc12. The lowest BCUT2D eigenvalue weighted by atomic mass is 10.0. The topological polar surface area (TPSA) is 58.2 Å². The summed E-state index contributed by atoms with van der Waals surface area (Å²) in [5.74, 6) is -0.453. The molecule has 0 saturated carbocycles. The van der Waals surface area contributed by atoms with Crippen molar-refractivity contribution in [2.45, 2.75) is 6.92 Å². The lowest BCUT2D eigenvalue weighted by Gasteiger charge is -2.07. The zero-order valence-electron chi connectivity index (χ0n) is 10.3. The van der Waals surface area contributed by atoms with Crippen molar-refractivity contribution in [3.63, 3.8) is 0 Å². The van der Waals surface area contributed by atoms with Crippen LogP contribution in [-0.4, -0.2) is 16.9 Å². The largest absolute Gasteiger partial charge is 0.326 e. The Hall–Kier alpha value is -2.27. The van der Waals surface area contributed by atoms with Gasteiger partial charge < -0.3 is 5.32 Å². The Morgan fingerprint density at radius 2 is 1.68 bits per heavy atom. The van der Waals surface area contributed by atoms with Crippen LogP contribution in [0, 0.1) is 0 Å². The predicted molar refractivity (Wildman–Crippen MR) is 78.2 cm³/mol. The first-order valence-corrected chi connectivity index (χ1v) is 6.09. The van der Waals surface area contributed by atoms with Gasteiger partial charge in [0, 0.05) is 5.56 Å². The van der Waals surface area contributed by atoms with E-state index in [0.29, 0.717) is 10.6 Å². The van der Waals surface area contributed by atoms with Crippen LogP contribution in [0.3, 0.4) is 0 Å². The molecule has 0 saturated heterocycles. The van der Waals surface area contributed by atoms with Gasteiger partial charge in [0.05, 0.1) is 4.99 Å². The van der Waals surface area contributed by atoms with Gasteiger partial charge in [0.2, 0.25) is 0 Å². The van der Waals surface area contributed by atoms with Gasteiger partial charge in [-0.3, -0.25) is 10.1 Å². The van der Waals surface area contributed by atoms with Crippen molar-refractivity contribution in [1.29, 1.82) is 0 Å². The molecule has 3 amide bonds. The third-order valence-electron chi connectivity index (χ3n) is 2.55. The zero-order valence-corrected chi connectivity index (χ0v) is 11.1. The normalized spacial score (nSPS) is 9.95. The van der Waals surface area contributed by atoms with Gasteiger partial charge in [-0.2, -0.15) is 0 Å². The number of rotatable bonds is 1. The number of carbonyl (C=O) groups is 2. The molecule has 96 valence electrons. The van der Waals surface area contributed by atoms with Crippen LogP contribution in [0.1, 0.15) is 17.3 Å². The van der Waals surface area contributed by atoms with E-state index in [1.54, 1.807) is 19.1 Å². The first-order valence-electron chi connectivity index (χ1n) is 5.68. The van der Waals surface area contributed by atoms with Crippen LogP contribution >= 0.6 is 12.2 Å². The summed E-state index contributed by atoms with van der Waals surface area (Å²) in [5.41, 5.74) is 0.454. The Bertz CT molecular complexity index is 662. The number of imide groups is 1. The molecule has 0 heterocycles. The number of hydrogen-bond donors (Lipinski definition) is 2. The summed E-state index contributed by atoms with van der Waals surface area (Å²) in [6.07, 6.45) is 0. The summed E-state index contributed by atoms with van der Waals surface area (Å²) in [4.78, 5) is 23.8. The molecule has 2 aromatic rings. The van der Waals surface area contributed by atoms with Gasteiger partial charge in [0.15, 0.2) is 0 Å². The van der Waals surface area contributed by atoms with Gasteiger partial charge in [0.25, 0.3) is 5.91 Å². The standard InChI is InChI=1S/C14H12N2O2S/c1-9(19)15-14(18)16-13(17)12-8-4-6-10-5-2-3-7-11(10)12/h2-8H,1H3,(H2,15,16,17,18,19). The second kappa shape index (κ2) is 5.58. The van der Waals surface area contributed by atoms with E-state index in [9.17, 15) is 9.59 Å². The average molecular weight is 272 g/mol. The molecule has 4 nitrogen and oxygen atoms in total. The molecule has 0 aromatic heterocycles. The van der Waals surface area contributed by atoms with Crippen LogP contribution in [0.2, 0.25) is 0 Å². The third kappa shape index (κ3) is 3.14. The van der Waals surface area contributed by atoms with Crippen molar-refractivity contribution in [3.05, 3.63) is 48.0 Å². The van der Waals surface area contributed by atoms with Gasteiger partial charge in [-0.25, -0.2) is 4.79 Å². The Labute approximate surface area is 115 Å². The molecule has 0 unspecified atom stereocenters. The van der Waals surface area contributed by atoms with Crippen LogP contribution in [0.15, 0.2) is 42.5 Å². The first kappa shape index (κ1) is 13.2. The lowest BCUT2D eigenvalue weighted by molar-refractivity contribution is 0.0967. The monoisotopic (exact) mass is 272 g/mol. The molecule has 0 atom stereocenters. The van der Waals surface area contributed by atoms with Gasteiger partial charge in [-0.05, 0) is 23.8 Å². The Morgan fingerprint density at radius 3 is 2.42 bits per heavy atom. The van der Waals surface area contributed by atoms with Gasteiger partial charge in [0.1, 0.15) is 0 Å². The van der Waals surface area contributed by atoms with Crippen molar-refractivity contribution in [1.82, 2.24) is 10.6 Å². The van der Waals surface area contributed by atoms with E-state index in [-0.39, 0.29) is 0 Å². The van der Waals surface area contributed by atoms with Crippen LogP contribution < -0.4 is 10.6 Å². The summed E-state index contributed by atoms with van der Waals surface area (Å²) < 4.78 is 0. The molecule has 2 N–H and O–H groups in total. The van der Waals surface area contributed by atoms with E-state index < -0.39 is 11.9 Å². The molecule has 0 aliphatic carbocycles. The van der Waals surface area contributed by atoms with Crippen LogP contribution in [0.25, 0.3) is 10.8 Å². The van der Waals surface area contributed by atoms with Gasteiger partial charge >= 0.3 is 6.03 Å². The second-order valence-electron chi connectivity index (χ2n) is 3.99. The fourth-order valence-electron chi connectivity index (χ4n) is 1.78. The van der Waals surface area contributed by atoms with E-state index in [2.05, 4.69) is 10.6 Å². The highest BCUT2D eigenvalue weighted by Gasteiger charge is 2.12. The minimum absolute atomic E-state index is 0.309. The Kier molecular flexibility index (Phi) is 3.87. The molecule has 0 aliphatic rings. The van der Waals surface area contributed by atoms with E-state index >= 15 is 0 Å². The fourth-order valence-corrected chi connectivity index (χ4v) is 1.88. The number of fused-ring (bicyclic) bond motifs is 1. The summed E-state index contributed by atoms with van der Waals surface area (Å²) in [6, 6.07) is 12.2. The van der Waals surface area contributed by atoms with E-state index in [4.69, 9.17) is 12.2 Å². The van der Waals surface area contributed by atoms with E-state index in [1.807, 2.05) is 30.3 Å². The maximum atomic E-state index is 12.0. The Balaban J connectivity index is 2.27. The fraction of sp³-hybridized carbons (Fsp3) is 0.0714. The third-order valence-corrected chi connectivity index (χ3v) is 2.65. The number of thiocarbonyl (C=S) groups is 1. The molecule has 2 aromatic carbocycles. The summed E-state index contributed by atoms with van der Waals surface area (Å²) in [6.45, 7) is 1.57. The minimum atomic E-state index is -0.620. The van der Waals surface area contributed by atoms with Crippen molar-refractivity contribution < 1.29 is 9.59 Å². The molecule has 0 spiro atoms. The van der Waals surface area contributed by atoms with Crippen LogP contribution in [0.4, 0.5) is 4.79 Å². The molecular formula is C14H12N2O2S. The number of carbonyl (C=O) groups excluding carboxylic acids is 2. The quantitative estimate of drug-likeness (QED) is 0.785. The minimum Gasteiger partial charge on any atom is -0.302 e. The number of hydrogen-bond acceptors (Lipinski definition) is 3. The average Bonchev–Trinajstić information content (AvgIpc) is 2.36. The maximum absolute atomic E-state index is 12.0. The smallest absolute Gasteiger partial charge is 0.302 e. The molecule has 5 heteroatoms. The summed E-state index contributed by atoms with van der Waals surface area (Å²) in [5, 5.41) is 6.34. The summed E-state index contributed by atoms with van der Waals surface area (Å²) >= 11 is 4.74. The van der Waals surface area contributed by atoms with Crippen molar-refractivity contribution in [2.75, 3.05) is 0 Å². The molecule has 0 radical (unpaired) electrons. The molecule has 2 rings (SSSR count). The van der Waals surface area contributed by atoms with Crippen LogP contribution in [0.5, 0.6) is 0 Å². The van der Waals surface area contributed by atoms with Gasteiger partial charge in [-0.1, -0.05) is 48.6 Å². The lowest BCUT2D eigenvalue weighted by Crippen LogP contribution is -2.41. The zero-order chi connectivity index (χ0) is 13.8. The molecule has 19 heavy (non-hydrogen) atoms.